The van der Waals surface area contributed by atoms with Crippen molar-refractivity contribution >= 4 is 44.1 Å². The highest BCUT2D eigenvalue weighted by molar-refractivity contribution is 7.16. The topological polar surface area (TPSA) is 90.6 Å². The summed E-state index contributed by atoms with van der Waals surface area (Å²) < 4.78 is 7.84. The third-order valence-corrected chi connectivity index (χ3v) is 5.00. The van der Waals surface area contributed by atoms with Gasteiger partial charge < -0.3 is 8.98 Å². The lowest BCUT2D eigenvalue weighted by molar-refractivity contribution is -0.384. The van der Waals surface area contributed by atoms with Crippen molar-refractivity contribution in [3.05, 3.63) is 69.2 Å². The van der Waals surface area contributed by atoms with E-state index in [1.807, 2.05) is 18.2 Å². The van der Waals surface area contributed by atoms with Gasteiger partial charge in [-0.15, -0.1) is 6.42 Å². The SMILES string of the molecule is C#CCn1c(=NC(=O)c2cc3ccccc3o2)sc2cc([N+](=O)[O-])ccc21. The van der Waals surface area contributed by atoms with Gasteiger partial charge in [0, 0.05) is 17.5 Å². The van der Waals surface area contributed by atoms with Crippen LogP contribution in [0.4, 0.5) is 5.69 Å². The van der Waals surface area contributed by atoms with E-state index in [0.717, 1.165) is 16.7 Å². The summed E-state index contributed by atoms with van der Waals surface area (Å²) in [5, 5.41) is 11.8. The number of nitro groups is 1. The minimum atomic E-state index is -0.543. The van der Waals surface area contributed by atoms with Crippen LogP contribution >= 0.6 is 11.3 Å². The molecule has 0 saturated carbocycles. The second kappa shape index (κ2) is 6.55. The van der Waals surface area contributed by atoms with Gasteiger partial charge in [0.15, 0.2) is 10.6 Å². The summed E-state index contributed by atoms with van der Waals surface area (Å²) in [6.45, 7) is 0.185. The van der Waals surface area contributed by atoms with Gasteiger partial charge in [-0.3, -0.25) is 14.9 Å². The molecule has 8 heteroatoms. The van der Waals surface area contributed by atoms with E-state index >= 15 is 0 Å². The van der Waals surface area contributed by atoms with E-state index in [2.05, 4.69) is 10.9 Å². The molecular formula is C19H11N3O4S. The lowest BCUT2D eigenvalue weighted by Gasteiger charge is -1.99. The largest absolute Gasteiger partial charge is 0.451 e. The average molecular weight is 377 g/mol. The quantitative estimate of drug-likeness (QED) is 0.309. The van der Waals surface area contributed by atoms with Crippen molar-refractivity contribution in [1.82, 2.24) is 4.57 Å². The van der Waals surface area contributed by atoms with E-state index < -0.39 is 10.8 Å². The van der Waals surface area contributed by atoms with Crippen molar-refractivity contribution in [3.63, 3.8) is 0 Å². The predicted octanol–water partition coefficient (Wildman–Crippen LogP) is 3.73. The molecule has 0 saturated heterocycles. The zero-order chi connectivity index (χ0) is 19.0. The van der Waals surface area contributed by atoms with Crippen molar-refractivity contribution in [2.75, 3.05) is 0 Å². The molecule has 27 heavy (non-hydrogen) atoms. The fourth-order valence-electron chi connectivity index (χ4n) is 2.73. The summed E-state index contributed by atoms with van der Waals surface area (Å²) in [5.74, 6) is 2.09. The van der Waals surface area contributed by atoms with Crippen LogP contribution in [0.15, 0.2) is 57.9 Å². The maximum absolute atomic E-state index is 12.6. The third kappa shape index (κ3) is 3.01. The van der Waals surface area contributed by atoms with Gasteiger partial charge in [0.25, 0.3) is 5.69 Å². The first kappa shape index (κ1) is 16.8. The highest BCUT2D eigenvalue weighted by Gasteiger charge is 2.15. The van der Waals surface area contributed by atoms with E-state index in [0.29, 0.717) is 20.6 Å². The number of para-hydroxylation sites is 1. The van der Waals surface area contributed by atoms with Crippen LogP contribution in [0, 0.1) is 22.5 Å². The number of carbonyl (C=O) groups excluding carboxylic acids is 1. The van der Waals surface area contributed by atoms with Crippen molar-refractivity contribution in [1.29, 1.82) is 0 Å². The van der Waals surface area contributed by atoms with E-state index in [1.54, 1.807) is 22.8 Å². The fourth-order valence-corrected chi connectivity index (χ4v) is 3.79. The second-order valence-electron chi connectivity index (χ2n) is 5.65. The number of furan rings is 1. The number of non-ortho nitro benzene ring substituents is 1. The van der Waals surface area contributed by atoms with Crippen LogP contribution < -0.4 is 4.80 Å². The van der Waals surface area contributed by atoms with Gasteiger partial charge in [0.1, 0.15) is 5.58 Å². The Morgan fingerprint density at radius 2 is 2.11 bits per heavy atom. The molecule has 0 N–H and O–H groups in total. The minimum Gasteiger partial charge on any atom is -0.451 e. The number of carbonyl (C=O) groups is 1. The van der Waals surface area contributed by atoms with Crippen LogP contribution in [0.3, 0.4) is 0 Å². The van der Waals surface area contributed by atoms with E-state index in [1.165, 1.54) is 12.1 Å². The van der Waals surface area contributed by atoms with E-state index in [-0.39, 0.29) is 18.0 Å². The molecule has 0 aliphatic carbocycles. The molecule has 1 amide bonds. The van der Waals surface area contributed by atoms with Gasteiger partial charge in [-0.1, -0.05) is 35.5 Å². The van der Waals surface area contributed by atoms with Crippen molar-refractivity contribution in [2.45, 2.75) is 6.54 Å². The molecule has 4 rings (SSSR count). The lowest BCUT2D eigenvalue weighted by Crippen LogP contribution is -2.16. The first-order valence-corrected chi connectivity index (χ1v) is 8.67. The molecule has 132 valence electrons. The van der Waals surface area contributed by atoms with Crippen LogP contribution in [0.25, 0.3) is 21.2 Å². The molecule has 7 nitrogen and oxygen atoms in total. The number of amides is 1. The van der Waals surface area contributed by atoms with Gasteiger partial charge in [0.05, 0.1) is 21.7 Å². The summed E-state index contributed by atoms with van der Waals surface area (Å²) >= 11 is 1.16. The molecule has 2 heterocycles. The smallest absolute Gasteiger partial charge is 0.315 e. The number of thiazole rings is 1. The van der Waals surface area contributed by atoms with Crippen LogP contribution in [0.5, 0.6) is 0 Å². The molecule has 4 aromatic rings. The Hall–Kier alpha value is -3.70. The highest BCUT2D eigenvalue weighted by Crippen LogP contribution is 2.24. The molecule has 0 bridgehead atoms. The molecule has 0 unspecified atom stereocenters. The number of fused-ring (bicyclic) bond motifs is 2. The third-order valence-electron chi connectivity index (χ3n) is 3.96. The zero-order valence-corrected chi connectivity index (χ0v) is 14.6. The van der Waals surface area contributed by atoms with Crippen LogP contribution in [0.2, 0.25) is 0 Å². The molecule has 0 aliphatic rings. The monoisotopic (exact) mass is 377 g/mol. The van der Waals surface area contributed by atoms with Crippen molar-refractivity contribution < 1.29 is 14.1 Å². The molecule has 0 radical (unpaired) electrons. The minimum absolute atomic E-state index is 0.0354. The number of terminal acetylenes is 1. The number of hydrogen-bond donors (Lipinski definition) is 0. The van der Waals surface area contributed by atoms with Gasteiger partial charge >= 0.3 is 5.91 Å². The Kier molecular flexibility index (Phi) is 4.06. The number of nitro benzene ring substituents is 1. The Morgan fingerprint density at radius 1 is 1.30 bits per heavy atom. The summed E-state index contributed by atoms with van der Waals surface area (Å²) in [6, 6.07) is 13.3. The maximum Gasteiger partial charge on any atom is 0.315 e. The summed E-state index contributed by atoms with van der Waals surface area (Å²) in [5.41, 5.74) is 1.24. The summed E-state index contributed by atoms with van der Waals surface area (Å²) in [4.78, 5) is 27.6. The van der Waals surface area contributed by atoms with E-state index in [9.17, 15) is 14.9 Å². The Balaban J connectivity index is 1.85. The first-order chi connectivity index (χ1) is 13.1. The summed E-state index contributed by atoms with van der Waals surface area (Å²) in [7, 11) is 0. The Morgan fingerprint density at radius 3 is 2.85 bits per heavy atom. The average Bonchev–Trinajstić information content (AvgIpc) is 3.23. The van der Waals surface area contributed by atoms with Crippen LogP contribution in [0.1, 0.15) is 10.6 Å². The van der Waals surface area contributed by atoms with Gasteiger partial charge in [-0.25, -0.2) is 0 Å². The van der Waals surface area contributed by atoms with Crippen LogP contribution in [-0.4, -0.2) is 15.4 Å². The van der Waals surface area contributed by atoms with Gasteiger partial charge in [0.2, 0.25) is 0 Å². The standard InChI is InChI=1S/C19H11N3O4S/c1-2-9-21-14-8-7-13(22(24)25)11-17(14)27-19(21)20-18(23)16-10-12-5-3-4-6-15(12)26-16/h1,3-8,10-11H,9H2. The number of nitrogens with zero attached hydrogens (tertiary/aromatic N) is 3. The predicted molar refractivity (Wildman–Crippen MR) is 101 cm³/mol. The number of aromatic nitrogens is 1. The second-order valence-corrected chi connectivity index (χ2v) is 6.66. The molecule has 0 fully saturated rings. The Bertz CT molecular complexity index is 1290. The lowest BCUT2D eigenvalue weighted by atomic mass is 10.2. The Labute approximate surface area is 156 Å². The molecular weight excluding hydrogens is 366 g/mol. The molecule has 0 spiro atoms. The molecule has 0 aliphatic heterocycles. The molecule has 2 aromatic heterocycles. The van der Waals surface area contributed by atoms with Crippen LogP contribution in [-0.2, 0) is 6.54 Å². The normalized spacial score (nSPS) is 11.7. The fraction of sp³-hybridized carbons (Fsp3) is 0.0526. The van der Waals surface area contributed by atoms with Crippen molar-refractivity contribution in [3.8, 4) is 12.3 Å². The van der Waals surface area contributed by atoms with Gasteiger partial charge in [-0.2, -0.15) is 4.99 Å². The molecule has 0 atom stereocenters. The molecule has 2 aromatic carbocycles. The number of benzene rings is 2. The van der Waals surface area contributed by atoms with Gasteiger partial charge in [-0.05, 0) is 18.2 Å². The number of hydrogen-bond acceptors (Lipinski definition) is 5. The summed E-state index contributed by atoms with van der Waals surface area (Å²) in [6.07, 6.45) is 5.43. The maximum atomic E-state index is 12.6. The zero-order valence-electron chi connectivity index (χ0n) is 13.8. The van der Waals surface area contributed by atoms with E-state index in [4.69, 9.17) is 10.8 Å². The first-order valence-electron chi connectivity index (χ1n) is 7.85. The van der Waals surface area contributed by atoms with Crippen molar-refractivity contribution in [2.24, 2.45) is 4.99 Å². The highest BCUT2D eigenvalue weighted by atomic mass is 32.1. The number of rotatable bonds is 3.